The lowest BCUT2D eigenvalue weighted by Crippen LogP contribution is -2.47. The van der Waals surface area contributed by atoms with Crippen LogP contribution in [0.2, 0.25) is 0 Å². The summed E-state index contributed by atoms with van der Waals surface area (Å²) in [7, 11) is 0. The Bertz CT molecular complexity index is 499. The first-order valence-electron chi connectivity index (χ1n) is 6.88. The van der Waals surface area contributed by atoms with Crippen molar-refractivity contribution in [2.45, 2.75) is 59.6 Å². The van der Waals surface area contributed by atoms with Gasteiger partial charge in [0.1, 0.15) is 0 Å². The highest BCUT2D eigenvalue weighted by atomic mass is 16.3. The lowest BCUT2D eigenvalue weighted by Gasteiger charge is -2.32. The van der Waals surface area contributed by atoms with Crippen molar-refractivity contribution in [3.63, 3.8) is 0 Å². The van der Waals surface area contributed by atoms with E-state index in [-0.39, 0.29) is 18.1 Å². The van der Waals surface area contributed by atoms with E-state index in [0.717, 1.165) is 16.7 Å². The molecule has 2 N–H and O–H groups in total. The third-order valence-electron chi connectivity index (χ3n) is 4.68. The molecule has 3 heteroatoms. The molecule has 104 valence electrons. The summed E-state index contributed by atoms with van der Waals surface area (Å²) >= 11 is 0. The zero-order chi connectivity index (χ0) is 14.3. The molecule has 0 heterocycles. The number of amides is 1. The van der Waals surface area contributed by atoms with E-state index in [4.69, 9.17) is 0 Å². The van der Waals surface area contributed by atoms with Crippen LogP contribution in [0.25, 0.3) is 0 Å². The van der Waals surface area contributed by atoms with Crippen molar-refractivity contribution in [3.05, 3.63) is 33.4 Å². The Labute approximate surface area is 115 Å². The number of nitrogens with one attached hydrogen (secondary N) is 1. The normalized spacial score (nSPS) is 22.0. The van der Waals surface area contributed by atoms with Crippen LogP contribution in [0.5, 0.6) is 0 Å². The van der Waals surface area contributed by atoms with Crippen molar-refractivity contribution in [3.8, 4) is 0 Å². The molecule has 0 spiro atoms. The minimum atomic E-state index is -0.242. The van der Waals surface area contributed by atoms with Gasteiger partial charge in [-0.25, -0.2) is 0 Å². The quantitative estimate of drug-likeness (QED) is 0.859. The Morgan fingerprint density at radius 2 is 1.37 bits per heavy atom. The first-order valence-corrected chi connectivity index (χ1v) is 6.88. The molecule has 1 saturated carbocycles. The Kier molecular flexibility index (Phi) is 3.68. The first-order chi connectivity index (χ1) is 8.82. The molecular weight excluding hydrogens is 238 g/mol. The van der Waals surface area contributed by atoms with Crippen molar-refractivity contribution in [2.75, 3.05) is 0 Å². The van der Waals surface area contributed by atoms with Crippen molar-refractivity contribution in [1.29, 1.82) is 0 Å². The van der Waals surface area contributed by atoms with E-state index in [9.17, 15) is 9.90 Å². The van der Waals surface area contributed by atoms with Crippen LogP contribution in [0.4, 0.5) is 0 Å². The Balaban J connectivity index is 2.31. The van der Waals surface area contributed by atoms with Crippen LogP contribution in [0.15, 0.2) is 0 Å². The fourth-order valence-corrected chi connectivity index (χ4v) is 2.80. The molecule has 19 heavy (non-hydrogen) atoms. The Hall–Kier alpha value is -1.35. The molecule has 1 amide bonds. The summed E-state index contributed by atoms with van der Waals surface area (Å²) in [5, 5.41) is 12.3. The second kappa shape index (κ2) is 4.97. The van der Waals surface area contributed by atoms with Crippen LogP contribution in [-0.4, -0.2) is 23.2 Å². The third kappa shape index (κ3) is 2.39. The summed E-state index contributed by atoms with van der Waals surface area (Å²) in [6.07, 6.45) is 1.11. The molecule has 1 aromatic rings. The van der Waals surface area contributed by atoms with Gasteiger partial charge >= 0.3 is 0 Å². The second-order valence-corrected chi connectivity index (χ2v) is 5.80. The molecule has 1 aliphatic carbocycles. The summed E-state index contributed by atoms with van der Waals surface area (Å²) in [5.74, 6) is -0.00176. The van der Waals surface area contributed by atoms with E-state index < -0.39 is 0 Å². The molecule has 0 aromatic heterocycles. The minimum absolute atomic E-state index is 0.00176. The van der Waals surface area contributed by atoms with Crippen molar-refractivity contribution in [2.24, 2.45) is 0 Å². The molecule has 0 bridgehead atoms. The maximum absolute atomic E-state index is 12.4. The molecule has 1 fully saturated rings. The molecule has 0 radical (unpaired) electrons. The molecule has 2 rings (SSSR count). The fraction of sp³-hybridized carbons (Fsp3) is 0.562. The predicted molar refractivity (Wildman–Crippen MR) is 76.6 cm³/mol. The summed E-state index contributed by atoms with van der Waals surface area (Å²) in [6.45, 7) is 10.3. The number of rotatable bonds is 2. The minimum Gasteiger partial charge on any atom is -0.393 e. The molecule has 1 aromatic carbocycles. The van der Waals surface area contributed by atoms with Crippen molar-refractivity contribution >= 4 is 5.91 Å². The van der Waals surface area contributed by atoms with Gasteiger partial charge in [0, 0.05) is 11.6 Å². The van der Waals surface area contributed by atoms with Gasteiger partial charge in [-0.3, -0.25) is 4.79 Å². The SMILES string of the molecule is Cc1c(C)c(C)c(C(=O)NC2CC(O)C2)c(C)c1C. The molecule has 0 atom stereocenters. The van der Waals surface area contributed by atoms with Crippen LogP contribution in [0.1, 0.15) is 51.0 Å². The maximum Gasteiger partial charge on any atom is 0.252 e. The molecule has 0 saturated heterocycles. The topological polar surface area (TPSA) is 49.3 Å². The summed E-state index contributed by atoms with van der Waals surface area (Å²) in [4.78, 5) is 12.4. The standard InChI is InChI=1S/C16H23NO2/c1-8-9(2)11(4)15(12(5)10(8)3)16(19)17-13-6-14(18)7-13/h13-14,18H,6-7H2,1-5H3,(H,17,19). The van der Waals surface area contributed by atoms with Gasteiger partial charge in [0.2, 0.25) is 0 Å². The highest BCUT2D eigenvalue weighted by molar-refractivity contribution is 5.98. The van der Waals surface area contributed by atoms with Crippen LogP contribution < -0.4 is 5.32 Å². The zero-order valence-corrected chi connectivity index (χ0v) is 12.4. The summed E-state index contributed by atoms with van der Waals surface area (Å²) in [5.41, 5.74) is 6.60. The van der Waals surface area contributed by atoms with E-state index >= 15 is 0 Å². The van der Waals surface area contributed by atoms with Crippen LogP contribution in [0.3, 0.4) is 0 Å². The number of hydrogen-bond acceptors (Lipinski definition) is 2. The average Bonchev–Trinajstić information content (AvgIpc) is 2.32. The zero-order valence-electron chi connectivity index (χ0n) is 12.4. The lowest BCUT2D eigenvalue weighted by molar-refractivity contribution is 0.0562. The first kappa shape index (κ1) is 14.1. The van der Waals surface area contributed by atoms with E-state index in [1.807, 2.05) is 13.8 Å². The van der Waals surface area contributed by atoms with Gasteiger partial charge in [-0.1, -0.05) is 0 Å². The summed E-state index contributed by atoms with van der Waals surface area (Å²) in [6, 6.07) is 0.128. The molecule has 0 unspecified atom stereocenters. The van der Waals surface area contributed by atoms with Gasteiger partial charge in [-0.2, -0.15) is 0 Å². The summed E-state index contributed by atoms with van der Waals surface area (Å²) < 4.78 is 0. The van der Waals surface area contributed by atoms with Gasteiger partial charge < -0.3 is 10.4 Å². The van der Waals surface area contributed by atoms with Gasteiger partial charge in [-0.15, -0.1) is 0 Å². The van der Waals surface area contributed by atoms with Crippen LogP contribution >= 0.6 is 0 Å². The van der Waals surface area contributed by atoms with Gasteiger partial charge in [0.15, 0.2) is 0 Å². The Morgan fingerprint density at radius 3 is 1.79 bits per heavy atom. The molecule has 0 aliphatic heterocycles. The number of benzene rings is 1. The predicted octanol–water partition coefficient (Wildman–Crippen LogP) is 2.48. The van der Waals surface area contributed by atoms with E-state index in [2.05, 4.69) is 26.1 Å². The second-order valence-electron chi connectivity index (χ2n) is 5.80. The lowest BCUT2D eigenvalue weighted by atomic mass is 9.87. The molecular formula is C16H23NO2. The monoisotopic (exact) mass is 261 g/mol. The smallest absolute Gasteiger partial charge is 0.252 e. The largest absolute Gasteiger partial charge is 0.393 e. The van der Waals surface area contributed by atoms with Crippen molar-refractivity contribution < 1.29 is 9.90 Å². The number of hydrogen-bond donors (Lipinski definition) is 2. The highest BCUT2D eigenvalue weighted by Gasteiger charge is 2.29. The van der Waals surface area contributed by atoms with E-state index in [1.54, 1.807) is 0 Å². The fourth-order valence-electron chi connectivity index (χ4n) is 2.80. The Morgan fingerprint density at radius 1 is 0.947 bits per heavy atom. The number of aliphatic hydroxyl groups excluding tert-OH is 1. The van der Waals surface area contributed by atoms with Crippen molar-refractivity contribution in [1.82, 2.24) is 5.32 Å². The van der Waals surface area contributed by atoms with Crippen LogP contribution in [-0.2, 0) is 0 Å². The van der Waals surface area contributed by atoms with Crippen LogP contribution in [0, 0.1) is 34.6 Å². The van der Waals surface area contributed by atoms with Gasteiger partial charge in [0.25, 0.3) is 5.91 Å². The molecule has 1 aliphatic rings. The number of aliphatic hydroxyl groups is 1. The highest BCUT2D eigenvalue weighted by Crippen LogP contribution is 2.27. The van der Waals surface area contributed by atoms with E-state index in [1.165, 1.54) is 16.7 Å². The van der Waals surface area contributed by atoms with Gasteiger partial charge in [-0.05, 0) is 75.3 Å². The average molecular weight is 261 g/mol. The van der Waals surface area contributed by atoms with Gasteiger partial charge in [0.05, 0.1) is 6.10 Å². The molecule has 3 nitrogen and oxygen atoms in total. The number of carbonyl (C=O) groups excluding carboxylic acids is 1. The van der Waals surface area contributed by atoms with E-state index in [0.29, 0.717) is 12.8 Å². The maximum atomic E-state index is 12.4. The third-order valence-corrected chi connectivity index (χ3v) is 4.68. The number of carbonyl (C=O) groups is 1.